The van der Waals surface area contributed by atoms with Gasteiger partial charge in [0, 0.05) is 18.3 Å². The topological polar surface area (TPSA) is 72.2 Å². The standard InChI is InChI=1S/C21H17N5O/c27-21-20-18(2-1-9-22-20)23-13-26(21)12-14-3-5-15(6-4-14)16-7-8-17-11-24-25-19(17)10-16/h1-11,13,17,19,25H,12H2. The second-order valence-electron chi connectivity index (χ2n) is 6.74. The fourth-order valence-electron chi connectivity index (χ4n) is 3.47. The van der Waals surface area contributed by atoms with Gasteiger partial charge in [-0.2, -0.15) is 5.10 Å². The van der Waals surface area contributed by atoms with E-state index >= 15 is 0 Å². The van der Waals surface area contributed by atoms with Crippen LogP contribution in [0.4, 0.5) is 0 Å². The van der Waals surface area contributed by atoms with E-state index in [2.05, 4.69) is 50.9 Å². The summed E-state index contributed by atoms with van der Waals surface area (Å²) < 4.78 is 1.59. The SMILES string of the molecule is O=c1c2ncccc2ncn1Cc1ccc(C2=CC3NN=CC3C=C2)cc1. The van der Waals surface area contributed by atoms with Gasteiger partial charge in [0.2, 0.25) is 0 Å². The van der Waals surface area contributed by atoms with Crippen LogP contribution in [-0.4, -0.2) is 26.8 Å². The zero-order chi connectivity index (χ0) is 18.2. The third-order valence-corrected chi connectivity index (χ3v) is 4.97. The number of nitrogens with zero attached hydrogens (tertiary/aromatic N) is 4. The molecule has 1 N–H and O–H groups in total. The van der Waals surface area contributed by atoms with Crippen LogP contribution >= 0.6 is 0 Å². The van der Waals surface area contributed by atoms with E-state index in [-0.39, 0.29) is 11.6 Å². The molecule has 2 aromatic heterocycles. The molecule has 6 heteroatoms. The highest BCUT2D eigenvalue weighted by molar-refractivity contribution is 5.80. The lowest BCUT2D eigenvalue weighted by atomic mass is 9.90. The minimum Gasteiger partial charge on any atom is -0.302 e. The molecule has 1 aliphatic carbocycles. The summed E-state index contributed by atoms with van der Waals surface area (Å²) >= 11 is 0. The maximum Gasteiger partial charge on any atom is 0.280 e. The molecule has 27 heavy (non-hydrogen) atoms. The Kier molecular flexibility index (Phi) is 3.67. The molecule has 3 aromatic rings. The van der Waals surface area contributed by atoms with Gasteiger partial charge < -0.3 is 5.43 Å². The van der Waals surface area contributed by atoms with Crippen LogP contribution in [0.5, 0.6) is 0 Å². The number of rotatable bonds is 3. The van der Waals surface area contributed by atoms with Gasteiger partial charge in [0.15, 0.2) is 5.52 Å². The molecule has 0 bridgehead atoms. The van der Waals surface area contributed by atoms with Crippen molar-refractivity contribution in [2.24, 2.45) is 11.0 Å². The number of pyridine rings is 1. The second-order valence-corrected chi connectivity index (χ2v) is 6.74. The van der Waals surface area contributed by atoms with Gasteiger partial charge in [-0.05, 0) is 28.8 Å². The van der Waals surface area contributed by atoms with Crippen LogP contribution < -0.4 is 11.0 Å². The maximum atomic E-state index is 12.6. The van der Waals surface area contributed by atoms with E-state index in [1.165, 1.54) is 5.57 Å². The fraction of sp³-hybridized carbons (Fsp3) is 0.143. The van der Waals surface area contributed by atoms with Gasteiger partial charge in [-0.3, -0.25) is 9.36 Å². The van der Waals surface area contributed by atoms with Gasteiger partial charge in [-0.1, -0.05) is 42.5 Å². The zero-order valence-corrected chi connectivity index (χ0v) is 14.5. The van der Waals surface area contributed by atoms with E-state index < -0.39 is 0 Å². The predicted molar refractivity (Wildman–Crippen MR) is 105 cm³/mol. The molecule has 2 aliphatic rings. The van der Waals surface area contributed by atoms with E-state index in [4.69, 9.17) is 0 Å². The Morgan fingerprint density at radius 1 is 1.11 bits per heavy atom. The number of hydrazone groups is 1. The first-order valence-electron chi connectivity index (χ1n) is 8.86. The summed E-state index contributed by atoms with van der Waals surface area (Å²) in [6, 6.07) is 12.1. The Morgan fingerprint density at radius 3 is 2.89 bits per heavy atom. The molecule has 0 spiro atoms. The quantitative estimate of drug-likeness (QED) is 0.783. The molecule has 0 saturated carbocycles. The van der Waals surface area contributed by atoms with E-state index in [0.717, 1.165) is 11.1 Å². The maximum absolute atomic E-state index is 12.6. The highest BCUT2D eigenvalue weighted by Crippen LogP contribution is 2.26. The Morgan fingerprint density at radius 2 is 2.00 bits per heavy atom. The molecule has 0 saturated heterocycles. The normalized spacial score (nSPS) is 20.4. The number of nitrogens with one attached hydrogen (secondary N) is 1. The first-order valence-corrected chi connectivity index (χ1v) is 8.86. The van der Waals surface area contributed by atoms with Crippen LogP contribution in [0.25, 0.3) is 16.6 Å². The summed E-state index contributed by atoms with van der Waals surface area (Å²) in [6.45, 7) is 0.466. The second kappa shape index (κ2) is 6.32. The highest BCUT2D eigenvalue weighted by atomic mass is 16.1. The molecule has 132 valence electrons. The van der Waals surface area contributed by atoms with Crippen molar-refractivity contribution in [1.29, 1.82) is 0 Å². The minimum atomic E-state index is -0.124. The molecule has 0 amide bonds. The van der Waals surface area contributed by atoms with E-state index in [1.807, 2.05) is 18.3 Å². The number of hydrogen-bond acceptors (Lipinski definition) is 5. The first-order chi connectivity index (χ1) is 13.3. The Labute approximate surface area is 155 Å². The third kappa shape index (κ3) is 2.85. The molecule has 1 aliphatic heterocycles. The summed E-state index contributed by atoms with van der Waals surface area (Å²) in [4.78, 5) is 21.1. The van der Waals surface area contributed by atoms with E-state index in [0.29, 0.717) is 23.5 Å². The summed E-state index contributed by atoms with van der Waals surface area (Å²) in [7, 11) is 0. The van der Waals surface area contributed by atoms with Crippen molar-refractivity contribution < 1.29 is 0 Å². The first kappa shape index (κ1) is 15.7. The van der Waals surface area contributed by atoms with E-state index in [9.17, 15) is 4.79 Å². The van der Waals surface area contributed by atoms with Gasteiger partial charge in [0.1, 0.15) is 0 Å². The van der Waals surface area contributed by atoms with Gasteiger partial charge in [0.05, 0.1) is 24.4 Å². The number of hydrogen-bond donors (Lipinski definition) is 1. The van der Waals surface area contributed by atoms with Gasteiger partial charge in [-0.15, -0.1) is 0 Å². The molecule has 0 radical (unpaired) electrons. The lowest BCUT2D eigenvalue weighted by molar-refractivity contribution is 0.624. The summed E-state index contributed by atoms with van der Waals surface area (Å²) in [6.07, 6.45) is 11.6. The molecule has 2 atom stereocenters. The molecule has 3 heterocycles. The highest BCUT2D eigenvalue weighted by Gasteiger charge is 2.23. The lowest BCUT2D eigenvalue weighted by Gasteiger charge is -2.18. The van der Waals surface area contributed by atoms with Crippen molar-refractivity contribution in [3.05, 3.63) is 88.6 Å². The summed E-state index contributed by atoms with van der Waals surface area (Å²) in [5.41, 5.74) is 7.37. The number of benzene rings is 1. The molecule has 2 unspecified atom stereocenters. The number of fused-ring (bicyclic) bond motifs is 2. The van der Waals surface area contributed by atoms with Crippen LogP contribution in [0.2, 0.25) is 0 Å². The van der Waals surface area contributed by atoms with Crippen molar-refractivity contribution in [2.75, 3.05) is 0 Å². The molecule has 5 rings (SSSR count). The van der Waals surface area contributed by atoms with Crippen LogP contribution in [0.15, 0.2) is 77.0 Å². The van der Waals surface area contributed by atoms with Gasteiger partial charge >= 0.3 is 0 Å². The number of aromatic nitrogens is 3. The van der Waals surface area contributed by atoms with E-state index in [1.54, 1.807) is 29.2 Å². The van der Waals surface area contributed by atoms with Crippen molar-refractivity contribution in [1.82, 2.24) is 20.0 Å². The molecular formula is C21H17N5O. The van der Waals surface area contributed by atoms with Crippen molar-refractivity contribution >= 4 is 22.8 Å². The monoisotopic (exact) mass is 355 g/mol. The number of allylic oxidation sites excluding steroid dienone is 2. The van der Waals surface area contributed by atoms with Crippen LogP contribution in [0.1, 0.15) is 11.1 Å². The van der Waals surface area contributed by atoms with Gasteiger partial charge in [0.25, 0.3) is 5.56 Å². The van der Waals surface area contributed by atoms with Crippen molar-refractivity contribution in [3.8, 4) is 0 Å². The van der Waals surface area contributed by atoms with Crippen LogP contribution in [-0.2, 0) is 6.54 Å². The molecule has 6 nitrogen and oxygen atoms in total. The van der Waals surface area contributed by atoms with Crippen molar-refractivity contribution in [3.63, 3.8) is 0 Å². The third-order valence-electron chi connectivity index (χ3n) is 4.97. The van der Waals surface area contributed by atoms with Crippen LogP contribution in [0.3, 0.4) is 0 Å². The molecule has 0 fully saturated rings. The minimum absolute atomic E-state index is 0.124. The Hall–Kier alpha value is -3.54. The summed E-state index contributed by atoms with van der Waals surface area (Å²) in [5, 5.41) is 4.13. The Bertz CT molecular complexity index is 1160. The molecular weight excluding hydrogens is 338 g/mol. The average Bonchev–Trinajstić information content (AvgIpc) is 3.19. The van der Waals surface area contributed by atoms with Crippen molar-refractivity contribution in [2.45, 2.75) is 12.6 Å². The summed E-state index contributed by atoms with van der Waals surface area (Å²) in [5.74, 6) is 0.342. The fourth-order valence-corrected chi connectivity index (χ4v) is 3.47. The largest absolute Gasteiger partial charge is 0.302 e. The van der Waals surface area contributed by atoms with Gasteiger partial charge in [-0.25, -0.2) is 9.97 Å². The van der Waals surface area contributed by atoms with Crippen LogP contribution in [0, 0.1) is 5.92 Å². The predicted octanol–water partition coefficient (Wildman–Crippen LogP) is 2.37. The zero-order valence-electron chi connectivity index (χ0n) is 14.5. The average molecular weight is 355 g/mol. The lowest BCUT2D eigenvalue weighted by Crippen LogP contribution is -2.25. The smallest absolute Gasteiger partial charge is 0.280 e. The molecule has 1 aromatic carbocycles. The Balaban J connectivity index is 1.39.